The number of amides is 1. The van der Waals surface area contributed by atoms with Gasteiger partial charge in [0.25, 0.3) is 5.19 Å². The van der Waals surface area contributed by atoms with Crippen LogP contribution in [0.4, 0.5) is 4.79 Å². The third-order valence-electron chi connectivity index (χ3n) is 2.88. The molecule has 2 heterocycles. The first kappa shape index (κ1) is 15.8. The number of aromatic nitrogens is 1. The molecular formula is C14H20N2O4S. The topological polar surface area (TPSA) is 68.7 Å². The van der Waals surface area contributed by atoms with Crippen molar-refractivity contribution in [2.24, 2.45) is 0 Å². The van der Waals surface area contributed by atoms with Gasteiger partial charge in [-0.1, -0.05) is 11.3 Å². The van der Waals surface area contributed by atoms with Gasteiger partial charge in [0.1, 0.15) is 5.60 Å². The second-order valence-electron chi connectivity index (χ2n) is 5.92. The van der Waals surface area contributed by atoms with Crippen LogP contribution in [0.2, 0.25) is 0 Å². The summed E-state index contributed by atoms with van der Waals surface area (Å²) in [6.07, 6.45) is 2.73. The monoisotopic (exact) mass is 312 g/mol. The molecule has 7 heteroatoms. The Balaban J connectivity index is 1.93. The largest absolute Gasteiger partial charge is 0.455 e. The number of hydrogen-bond donors (Lipinski definition) is 0. The zero-order chi connectivity index (χ0) is 15.5. The fraction of sp³-hybridized carbons (Fsp3) is 0.643. The molecule has 2 rings (SSSR count). The highest BCUT2D eigenvalue weighted by atomic mass is 32.1. The SMILES string of the molecule is CC(C)(C)OC(=O)c1csc(OC(=O)N2CCCCC2)n1. The number of hydrogen-bond acceptors (Lipinski definition) is 6. The van der Waals surface area contributed by atoms with Crippen molar-refractivity contribution in [1.82, 2.24) is 9.88 Å². The molecule has 0 saturated carbocycles. The summed E-state index contributed by atoms with van der Waals surface area (Å²) in [5.41, 5.74) is -0.415. The van der Waals surface area contributed by atoms with Gasteiger partial charge in [0, 0.05) is 18.5 Å². The van der Waals surface area contributed by atoms with E-state index in [-0.39, 0.29) is 10.9 Å². The first-order chi connectivity index (χ1) is 9.85. The van der Waals surface area contributed by atoms with E-state index < -0.39 is 17.7 Å². The molecule has 0 bridgehead atoms. The van der Waals surface area contributed by atoms with E-state index >= 15 is 0 Å². The van der Waals surface area contributed by atoms with Crippen molar-refractivity contribution in [3.8, 4) is 5.19 Å². The molecule has 0 aromatic carbocycles. The third-order valence-corrected chi connectivity index (χ3v) is 3.60. The quantitative estimate of drug-likeness (QED) is 0.785. The number of ether oxygens (including phenoxy) is 2. The lowest BCUT2D eigenvalue weighted by Crippen LogP contribution is -2.37. The fourth-order valence-corrected chi connectivity index (χ4v) is 2.58. The molecule has 21 heavy (non-hydrogen) atoms. The van der Waals surface area contributed by atoms with Gasteiger partial charge in [0.2, 0.25) is 0 Å². The minimum Gasteiger partial charge on any atom is -0.455 e. The van der Waals surface area contributed by atoms with Crippen LogP contribution >= 0.6 is 11.3 Å². The van der Waals surface area contributed by atoms with E-state index in [1.807, 2.05) is 0 Å². The lowest BCUT2D eigenvalue weighted by molar-refractivity contribution is 0.00628. The number of rotatable bonds is 2. The summed E-state index contributed by atoms with van der Waals surface area (Å²) in [4.78, 5) is 29.4. The summed E-state index contributed by atoms with van der Waals surface area (Å²) in [5.74, 6) is -0.515. The van der Waals surface area contributed by atoms with Gasteiger partial charge >= 0.3 is 12.1 Å². The van der Waals surface area contributed by atoms with E-state index in [9.17, 15) is 9.59 Å². The Morgan fingerprint density at radius 3 is 2.52 bits per heavy atom. The first-order valence-corrected chi connectivity index (χ1v) is 7.89. The Morgan fingerprint density at radius 2 is 1.90 bits per heavy atom. The smallest absolute Gasteiger partial charge is 0.417 e. The van der Waals surface area contributed by atoms with Crippen LogP contribution in [0, 0.1) is 0 Å². The number of carbonyl (C=O) groups is 2. The predicted molar refractivity (Wildman–Crippen MR) is 78.7 cm³/mol. The highest BCUT2D eigenvalue weighted by molar-refractivity contribution is 7.11. The van der Waals surface area contributed by atoms with Crippen molar-refractivity contribution in [2.45, 2.75) is 45.6 Å². The molecule has 0 atom stereocenters. The zero-order valence-electron chi connectivity index (χ0n) is 12.5. The Bertz CT molecular complexity index is 515. The van der Waals surface area contributed by atoms with E-state index in [1.165, 1.54) is 5.38 Å². The van der Waals surface area contributed by atoms with Gasteiger partial charge in [-0.2, -0.15) is 4.98 Å². The Kier molecular flexibility index (Phi) is 4.82. The normalized spacial score (nSPS) is 15.7. The molecule has 1 fully saturated rings. The number of likely N-dealkylation sites (tertiary alicyclic amines) is 1. The van der Waals surface area contributed by atoms with Crippen LogP contribution in [0.5, 0.6) is 5.19 Å². The lowest BCUT2D eigenvalue weighted by Gasteiger charge is -2.24. The van der Waals surface area contributed by atoms with Crippen molar-refractivity contribution in [1.29, 1.82) is 0 Å². The maximum Gasteiger partial charge on any atom is 0.417 e. The summed E-state index contributed by atoms with van der Waals surface area (Å²) in [6.45, 7) is 6.78. The molecule has 1 aromatic heterocycles. The van der Waals surface area contributed by atoms with Gasteiger partial charge in [-0.3, -0.25) is 0 Å². The Morgan fingerprint density at radius 1 is 1.24 bits per heavy atom. The van der Waals surface area contributed by atoms with E-state index in [0.29, 0.717) is 13.1 Å². The highest BCUT2D eigenvalue weighted by Crippen LogP contribution is 2.22. The summed E-state index contributed by atoms with van der Waals surface area (Å²) in [7, 11) is 0. The van der Waals surface area contributed by atoms with E-state index in [0.717, 1.165) is 30.6 Å². The second-order valence-corrected chi connectivity index (χ2v) is 6.74. The van der Waals surface area contributed by atoms with Gasteiger partial charge in [-0.05, 0) is 40.0 Å². The molecule has 0 radical (unpaired) electrons. The van der Waals surface area contributed by atoms with Crippen LogP contribution in [0.3, 0.4) is 0 Å². The molecule has 1 aliphatic rings. The number of piperidine rings is 1. The summed E-state index contributed by atoms with van der Waals surface area (Å²) < 4.78 is 10.4. The summed E-state index contributed by atoms with van der Waals surface area (Å²) >= 11 is 1.11. The molecule has 116 valence electrons. The van der Waals surface area contributed by atoms with Crippen LogP contribution in [0.25, 0.3) is 0 Å². The van der Waals surface area contributed by atoms with Gasteiger partial charge < -0.3 is 14.4 Å². The molecule has 1 aromatic rings. The van der Waals surface area contributed by atoms with Crippen molar-refractivity contribution in [2.75, 3.05) is 13.1 Å². The van der Waals surface area contributed by atoms with Crippen LogP contribution in [-0.2, 0) is 4.74 Å². The standard InChI is InChI=1S/C14H20N2O4S/c1-14(2,3)20-11(17)10-9-21-12(15-10)19-13(18)16-7-5-4-6-8-16/h9H,4-8H2,1-3H3. The summed E-state index contributed by atoms with van der Waals surface area (Å²) in [6, 6.07) is 0. The van der Waals surface area contributed by atoms with Gasteiger partial charge in [-0.15, -0.1) is 0 Å². The fourth-order valence-electron chi connectivity index (χ4n) is 1.94. The molecule has 0 aliphatic carbocycles. The minimum atomic E-state index is -0.578. The second kappa shape index (κ2) is 6.43. The molecule has 6 nitrogen and oxygen atoms in total. The van der Waals surface area contributed by atoms with Gasteiger partial charge in [0.15, 0.2) is 5.69 Å². The van der Waals surface area contributed by atoms with Crippen LogP contribution in [0.1, 0.15) is 50.5 Å². The zero-order valence-corrected chi connectivity index (χ0v) is 13.4. The van der Waals surface area contributed by atoms with Crippen LogP contribution < -0.4 is 4.74 Å². The molecule has 0 unspecified atom stereocenters. The van der Waals surface area contributed by atoms with Crippen molar-refractivity contribution in [3.63, 3.8) is 0 Å². The summed E-state index contributed by atoms with van der Waals surface area (Å²) in [5, 5.41) is 1.71. The average Bonchev–Trinajstić information content (AvgIpc) is 2.86. The predicted octanol–water partition coefficient (Wildman–Crippen LogP) is 3.08. The van der Waals surface area contributed by atoms with Crippen LogP contribution in [-0.4, -0.2) is 40.6 Å². The molecule has 1 amide bonds. The minimum absolute atomic E-state index is 0.163. The van der Waals surface area contributed by atoms with E-state index in [2.05, 4.69) is 4.98 Å². The molecule has 1 saturated heterocycles. The van der Waals surface area contributed by atoms with Crippen LogP contribution in [0.15, 0.2) is 5.38 Å². The van der Waals surface area contributed by atoms with Crippen molar-refractivity contribution in [3.05, 3.63) is 11.1 Å². The molecule has 0 spiro atoms. The number of nitrogens with zero attached hydrogens (tertiary/aromatic N) is 2. The molecular weight excluding hydrogens is 292 g/mol. The van der Waals surface area contributed by atoms with Gasteiger partial charge in [-0.25, -0.2) is 9.59 Å². The highest BCUT2D eigenvalue weighted by Gasteiger charge is 2.23. The Hall–Kier alpha value is -1.63. The van der Waals surface area contributed by atoms with Crippen molar-refractivity contribution < 1.29 is 19.1 Å². The maximum atomic E-state index is 11.9. The van der Waals surface area contributed by atoms with Gasteiger partial charge in [0.05, 0.1) is 0 Å². The number of carbonyl (C=O) groups excluding carboxylic acids is 2. The maximum absolute atomic E-state index is 11.9. The average molecular weight is 312 g/mol. The molecule has 0 N–H and O–H groups in total. The van der Waals surface area contributed by atoms with Crippen molar-refractivity contribution >= 4 is 23.4 Å². The first-order valence-electron chi connectivity index (χ1n) is 7.01. The third kappa shape index (κ3) is 4.70. The number of esters is 1. The number of thiazole rings is 1. The van der Waals surface area contributed by atoms with E-state index in [4.69, 9.17) is 9.47 Å². The van der Waals surface area contributed by atoms with E-state index in [1.54, 1.807) is 25.7 Å². The molecule has 1 aliphatic heterocycles. The Labute approximate surface area is 128 Å². The lowest BCUT2D eigenvalue weighted by atomic mass is 10.1.